The van der Waals surface area contributed by atoms with Crippen LogP contribution in [0.15, 0.2) is 42.5 Å². The van der Waals surface area contributed by atoms with Crippen molar-refractivity contribution in [2.24, 2.45) is 11.7 Å². The second kappa shape index (κ2) is 9.33. The normalized spacial score (nSPS) is 12.4. The molecule has 2 aromatic carbocycles. The van der Waals surface area contributed by atoms with E-state index in [0.717, 1.165) is 6.42 Å². The first-order valence-corrected chi connectivity index (χ1v) is 8.09. The summed E-state index contributed by atoms with van der Waals surface area (Å²) in [6, 6.07) is 14.2. The fraction of sp³-hybridized carbons (Fsp3) is 0.368. The Labute approximate surface area is 149 Å². The number of fused-ring (bicyclic) bond motifs is 1. The lowest BCUT2D eigenvalue weighted by atomic mass is 9.94. The summed E-state index contributed by atoms with van der Waals surface area (Å²) < 4.78 is 31.7. The van der Waals surface area contributed by atoms with Gasteiger partial charge in [-0.1, -0.05) is 56.3 Å². The van der Waals surface area contributed by atoms with Gasteiger partial charge in [-0.2, -0.15) is 13.2 Å². The third-order valence-corrected chi connectivity index (χ3v) is 3.85. The molecule has 0 amide bonds. The number of benzene rings is 2. The summed E-state index contributed by atoms with van der Waals surface area (Å²) in [6.07, 6.45) is -3.80. The number of ketones is 1. The molecule has 142 valence electrons. The number of hydrogen-bond acceptors (Lipinski definition) is 3. The van der Waals surface area contributed by atoms with Crippen LogP contribution in [0.4, 0.5) is 13.2 Å². The van der Waals surface area contributed by atoms with Crippen LogP contribution in [-0.2, 0) is 16.0 Å². The second-order valence-corrected chi connectivity index (χ2v) is 6.18. The van der Waals surface area contributed by atoms with Crippen molar-refractivity contribution in [2.45, 2.75) is 38.9 Å². The number of carboxylic acids is 1. The zero-order chi connectivity index (χ0) is 19.9. The Morgan fingerprint density at radius 2 is 1.62 bits per heavy atom. The number of halogens is 3. The highest BCUT2D eigenvalue weighted by Gasteiger charge is 2.38. The summed E-state index contributed by atoms with van der Waals surface area (Å²) in [5.41, 5.74) is 7.11. The van der Waals surface area contributed by atoms with Crippen LogP contribution in [-0.4, -0.2) is 29.1 Å². The summed E-state index contributed by atoms with van der Waals surface area (Å²) >= 11 is 0. The number of carbonyl (C=O) groups excluding carboxylic acids is 1. The van der Waals surface area contributed by atoms with Crippen molar-refractivity contribution < 1.29 is 27.9 Å². The molecule has 0 heterocycles. The predicted molar refractivity (Wildman–Crippen MR) is 93.8 cm³/mol. The van der Waals surface area contributed by atoms with E-state index in [9.17, 15) is 18.0 Å². The number of aliphatic carboxylic acids is 1. The van der Waals surface area contributed by atoms with Gasteiger partial charge in [0, 0.05) is 6.42 Å². The molecule has 0 aliphatic rings. The molecule has 1 atom stereocenters. The number of carboxylic acid groups (broad SMARTS) is 1. The van der Waals surface area contributed by atoms with E-state index in [4.69, 9.17) is 15.6 Å². The molecule has 0 aromatic heterocycles. The highest BCUT2D eigenvalue weighted by atomic mass is 19.4. The molecule has 4 nitrogen and oxygen atoms in total. The molecule has 0 radical (unpaired) electrons. The SMILES string of the molecule is CC(C)[C@H](N)C(=O)CCc1cccc2ccccc12.O=C(O)C(F)(F)F. The molecule has 2 aromatic rings. The first-order chi connectivity index (χ1) is 12.0. The van der Waals surface area contributed by atoms with Crippen LogP contribution in [0.2, 0.25) is 0 Å². The molecule has 0 aliphatic carbocycles. The molecule has 0 aliphatic heterocycles. The molecule has 7 heteroatoms. The molecule has 0 fully saturated rings. The van der Waals surface area contributed by atoms with Gasteiger partial charge in [0.05, 0.1) is 6.04 Å². The number of aryl methyl sites for hydroxylation is 1. The van der Waals surface area contributed by atoms with Crippen LogP contribution in [0.1, 0.15) is 25.8 Å². The summed E-state index contributed by atoms with van der Waals surface area (Å²) in [4.78, 5) is 20.9. The Hall–Kier alpha value is -2.41. The van der Waals surface area contributed by atoms with Crippen molar-refractivity contribution in [3.05, 3.63) is 48.0 Å². The topological polar surface area (TPSA) is 80.4 Å². The Balaban J connectivity index is 0.000000412. The van der Waals surface area contributed by atoms with Gasteiger partial charge in [-0.25, -0.2) is 4.79 Å². The maximum atomic E-state index is 12.0. The fourth-order valence-electron chi connectivity index (χ4n) is 2.31. The van der Waals surface area contributed by atoms with Gasteiger partial charge >= 0.3 is 12.1 Å². The third-order valence-electron chi connectivity index (χ3n) is 3.85. The Bertz CT molecular complexity index is 752. The van der Waals surface area contributed by atoms with Gasteiger partial charge in [0.15, 0.2) is 0 Å². The minimum atomic E-state index is -5.08. The quantitative estimate of drug-likeness (QED) is 0.836. The molecule has 3 N–H and O–H groups in total. The molecule has 0 saturated heterocycles. The van der Waals surface area contributed by atoms with Crippen molar-refractivity contribution in [3.8, 4) is 0 Å². The minimum Gasteiger partial charge on any atom is -0.475 e. The van der Waals surface area contributed by atoms with E-state index in [2.05, 4.69) is 24.3 Å². The zero-order valence-electron chi connectivity index (χ0n) is 14.6. The lowest BCUT2D eigenvalue weighted by molar-refractivity contribution is -0.192. The zero-order valence-corrected chi connectivity index (χ0v) is 14.6. The maximum Gasteiger partial charge on any atom is 0.490 e. The number of alkyl halides is 3. The van der Waals surface area contributed by atoms with Crippen molar-refractivity contribution in [1.29, 1.82) is 0 Å². The standard InChI is InChI=1S/C17H21NO.C2HF3O2/c1-12(2)17(18)16(19)11-10-14-8-5-7-13-6-3-4-9-15(13)14;3-2(4,5)1(6)7/h3-9,12,17H,10-11,18H2,1-2H3;(H,6,7)/t17-;/m0./s1. The molecule has 0 bridgehead atoms. The van der Waals surface area contributed by atoms with Crippen LogP contribution in [0.3, 0.4) is 0 Å². The van der Waals surface area contributed by atoms with Crippen LogP contribution < -0.4 is 5.73 Å². The molecule has 26 heavy (non-hydrogen) atoms. The predicted octanol–water partition coefficient (Wildman–Crippen LogP) is 3.96. The van der Waals surface area contributed by atoms with Crippen LogP contribution >= 0.6 is 0 Å². The van der Waals surface area contributed by atoms with Gasteiger partial charge in [-0.15, -0.1) is 0 Å². The van der Waals surface area contributed by atoms with Gasteiger partial charge in [-0.3, -0.25) is 4.79 Å². The molecular weight excluding hydrogens is 347 g/mol. The van der Waals surface area contributed by atoms with Crippen molar-refractivity contribution in [1.82, 2.24) is 0 Å². The largest absolute Gasteiger partial charge is 0.490 e. The average molecular weight is 369 g/mol. The summed E-state index contributed by atoms with van der Waals surface area (Å²) in [7, 11) is 0. The van der Waals surface area contributed by atoms with Crippen LogP contribution in [0, 0.1) is 5.92 Å². The van der Waals surface area contributed by atoms with E-state index in [0.29, 0.717) is 6.42 Å². The van der Waals surface area contributed by atoms with Crippen LogP contribution in [0.25, 0.3) is 10.8 Å². The number of carbonyl (C=O) groups is 2. The molecule has 2 rings (SSSR count). The van der Waals surface area contributed by atoms with E-state index >= 15 is 0 Å². The minimum absolute atomic E-state index is 0.155. The molecular formula is C19H22F3NO3. The van der Waals surface area contributed by atoms with E-state index < -0.39 is 12.1 Å². The lowest BCUT2D eigenvalue weighted by Gasteiger charge is -2.14. The van der Waals surface area contributed by atoms with Crippen molar-refractivity contribution in [3.63, 3.8) is 0 Å². The monoisotopic (exact) mass is 369 g/mol. The van der Waals surface area contributed by atoms with E-state index in [-0.39, 0.29) is 17.7 Å². The summed E-state index contributed by atoms with van der Waals surface area (Å²) in [6.45, 7) is 3.97. The third kappa shape index (κ3) is 6.48. The molecule has 0 unspecified atom stereocenters. The van der Waals surface area contributed by atoms with Gasteiger partial charge in [0.25, 0.3) is 0 Å². The maximum absolute atomic E-state index is 12.0. The van der Waals surface area contributed by atoms with Crippen molar-refractivity contribution in [2.75, 3.05) is 0 Å². The smallest absolute Gasteiger partial charge is 0.475 e. The summed E-state index contributed by atoms with van der Waals surface area (Å²) in [5.74, 6) is -2.39. The molecule has 0 saturated carbocycles. The fourth-order valence-corrected chi connectivity index (χ4v) is 2.31. The molecule has 0 spiro atoms. The first-order valence-electron chi connectivity index (χ1n) is 8.09. The highest BCUT2D eigenvalue weighted by molar-refractivity contribution is 5.87. The van der Waals surface area contributed by atoms with Gasteiger partial charge < -0.3 is 10.8 Å². The van der Waals surface area contributed by atoms with Gasteiger partial charge in [0.2, 0.25) is 0 Å². The first kappa shape index (κ1) is 21.6. The summed E-state index contributed by atoms with van der Waals surface area (Å²) in [5, 5.41) is 9.58. The highest BCUT2D eigenvalue weighted by Crippen LogP contribution is 2.20. The van der Waals surface area contributed by atoms with E-state index in [1.165, 1.54) is 16.3 Å². The average Bonchev–Trinajstić information content (AvgIpc) is 2.58. The Kier molecular flexibility index (Phi) is 7.76. The second-order valence-electron chi connectivity index (χ2n) is 6.18. The number of rotatable bonds is 5. The number of Topliss-reactive ketones (excluding diaryl/α,β-unsaturated/α-hetero) is 1. The van der Waals surface area contributed by atoms with Crippen LogP contribution in [0.5, 0.6) is 0 Å². The van der Waals surface area contributed by atoms with Gasteiger partial charge in [0.1, 0.15) is 5.78 Å². The van der Waals surface area contributed by atoms with E-state index in [1.54, 1.807) is 0 Å². The number of hydrogen-bond donors (Lipinski definition) is 2. The Morgan fingerprint density at radius 3 is 2.15 bits per heavy atom. The van der Waals surface area contributed by atoms with E-state index in [1.807, 2.05) is 32.0 Å². The Morgan fingerprint density at radius 1 is 1.08 bits per heavy atom. The van der Waals surface area contributed by atoms with Gasteiger partial charge in [-0.05, 0) is 28.7 Å². The number of nitrogens with two attached hydrogens (primary N) is 1. The van der Waals surface area contributed by atoms with Crippen molar-refractivity contribution >= 4 is 22.5 Å². The lowest BCUT2D eigenvalue weighted by Crippen LogP contribution is -2.35.